The van der Waals surface area contributed by atoms with Crippen LogP contribution in [0.4, 0.5) is 149 Å². The molecule has 1 heterocycles. The topological polar surface area (TPSA) is 52.6 Å². The van der Waals surface area contributed by atoms with Crippen LogP contribution < -0.4 is 0 Å². The van der Waals surface area contributed by atoms with Gasteiger partial charge in [-0.3, -0.25) is 9.80 Å². The number of ether oxygens (including phenoxy) is 5. The second kappa shape index (κ2) is 25.5. The standard InChI is InChI=1S/C37H42F34N2O5/c38-22(39,24(42,43)26(46,47)28(50,51)30(54,55)32(58,59)34(62,63)36(66,67)68)4-13-75-15-7-72-6-2-1-3-12-74-20-21-78-19-11-73(10-18-77-17-8-72)9-16-76-14-5-23(40,41)25(44,45)27(48,49)29(52,53)31(56,57)33(60,61)35(64,65)37(69,70)71/h1-21H2. The highest BCUT2D eigenvalue weighted by Crippen LogP contribution is 2.66. The van der Waals surface area contributed by atoms with Crippen LogP contribution in [0.1, 0.15) is 32.1 Å². The number of hydrogen-bond acceptors (Lipinski definition) is 7. The third-order valence-corrected chi connectivity index (χ3v) is 11.1. The molecule has 0 amide bonds. The molecule has 0 unspecified atom stereocenters. The van der Waals surface area contributed by atoms with Gasteiger partial charge in [0, 0.05) is 52.2 Å². The van der Waals surface area contributed by atoms with Crippen molar-refractivity contribution in [1.29, 1.82) is 0 Å². The zero-order valence-electron chi connectivity index (χ0n) is 38.6. The average Bonchev–Trinajstić information content (AvgIpc) is 3.27. The van der Waals surface area contributed by atoms with E-state index in [4.69, 9.17) is 14.2 Å². The summed E-state index contributed by atoms with van der Waals surface area (Å²) in [5.74, 6) is -115. The van der Waals surface area contributed by atoms with Gasteiger partial charge in [0.05, 0.1) is 59.5 Å². The molecule has 1 aliphatic rings. The summed E-state index contributed by atoms with van der Waals surface area (Å²) in [6.07, 6.45) is -20.5. The van der Waals surface area contributed by atoms with Gasteiger partial charge in [0.25, 0.3) is 0 Å². The lowest BCUT2D eigenvalue weighted by molar-refractivity contribution is -0.462. The zero-order chi connectivity index (χ0) is 61.5. The van der Waals surface area contributed by atoms with Crippen molar-refractivity contribution in [3.63, 3.8) is 0 Å². The lowest BCUT2D eigenvalue weighted by Crippen LogP contribution is -2.74. The Morgan fingerprint density at radius 2 is 0.513 bits per heavy atom. The summed E-state index contributed by atoms with van der Waals surface area (Å²) in [5, 5.41) is 0. The molecular formula is C37H42F34N2O5. The molecule has 0 radical (unpaired) electrons. The minimum Gasteiger partial charge on any atom is -0.380 e. The van der Waals surface area contributed by atoms with E-state index in [2.05, 4.69) is 9.47 Å². The number of hydrogen-bond donors (Lipinski definition) is 0. The van der Waals surface area contributed by atoms with Crippen LogP contribution in [0.25, 0.3) is 0 Å². The van der Waals surface area contributed by atoms with Gasteiger partial charge in [-0.05, 0) is 25.8 Å². The first-order valence-corrected chi connectivity index (χ1v) is 21.4. The summed E-state index contributed by atoms with van der Waals surface area (Å²) < 4.78 is 486. The van der Waals surface area contributed by atoms with Gasteiger partial charge in [0.2, 0.25) is 0 Å². The largest absolute Gasteiger partial charge is 0.460 e. The van der Waals surface area contributed by atoms with Crippen LogP contribution >= 0.6 is 0 Å². The van der Waals surface area contributed by atoms with Crippen molar-refractivity contribution in [2.45, 2.75) is 127 Å². The second-order valence-electron chi connectivity index (χ2n) is 16.6. The highest BCUT2D eigenvalue weighted by molar-refractivity contribution is 5.16. The van der Waals surface area contributed by atoms with Crippen molar-refractivity contribution in [1.82, 2.24) is 9.80 Å². The predicted octanol–water partition coefficient (Wildman–Crippen LogP) is 12.7. The molecule has 1 aliphatic heterocycles. The highest BCUT2D eigenvalue weighted by atomic mass is 19.4. The van der Waals surface area contributed by atoms with Crippen molar-refractivity contribution in [3.05, 3.63) is 0 Å². The Labute approximate surface area is 416 Å². The molecule has 0 saturated carbocycles. The van der Waals surface area contributed by atoms with Crippen LogP contribution in [-0.2, 0) is 23.7 Å². The van der Waals surface area contributed by atoms with E-state index < -0.39 is 148 Å². The van der Waals surface area contributed by atoms with Crippen molar-refractivity contribution in [3.8, 4) is 0 Å². The molecule has 0 aromatic rings. The summed E-state index contributed by atoms with van der Waals surface area (Å²) in [6, 6.07) is 0. The maximum Gasteiger partial charge on any atom is 0.460 e. The Balaban J connectivity index is 2.99. The molecule has 78 heavy (non-hydrogen) atoms. The minimum atomic E-state index is -8.81. The molecule has 1 saturated heterocycles. The van der Waals surface area contributed by atoms with Gasteiger partial charge in [-0.15, -0.1) is 0 Å². The molecule has 0 aromatic carbocycles. The molecule has 0 N–H and O–H groups in total. The Morgan fingerprint density at radius 1 is 0.256 bits per heavy atom. The van der Waals surface area contributed by atoms with Crippen LogP contribution in [0.15, 0.2) is 0 Å². The fourth-order valence-corrected chi connectivity index (χ4v) is 6.09. The molecule has 0 spiro atoms. The molecular weight excluding hydrogens is 1200 g/mol. The van der Waals surface area contributed by atoms with Gasteiger partial charge >= 0.3 is 95.3 Å². The molecule has 0 aromatic heterocycles. The van der Waals surface area contributed by atoms with Gasteiger partial charge in [-0.25, -0.2) is 0 Å². The van der Waals surface area contributed by atoms with Gasteiger partial charge in [0.1, 0.15) is 0 Å². The zero-order valence-corrected chi connectivity index (χ0v) is 38.6. The number of rotatable bonds is 24. The van der Waals surface area contributed by atoms with Crippen molar-refractivity contribution < 1.29 is 173 Å². The van der Waals surface area contributed by atoms with E-state index in [1.807, 2.05) is 0 Å². The summed E-state index contributed by atoms with van der Waals surface area (Å²) in [4.78, 5) is 2.63. The fourth-order valence-electron chi connectivity index (χ4n) is 6.09. The summed E-state index contributed by atoms with van der Waals surface area (Å²) >= 11 is 0. The number of alkyl halides is 34. The molecule has 0 aliphatic carbocycles. The van der Waals surface area contributed by atoms with E-state index in [1.165, 1.54) is 9.80 Å². The van der Waals surface area contributed by atoms with E-state index in [9.17, 15) is 149 Å². The van der Waals surface area contributed by atoms with Gasteiger partial charge < -0.3 is 23.7 Å². The van der Waals surface area contributed by atoms with Gasteiger partial charge in [0.15, 0.2) is 0 Å². The second-order valence-corrected chi connectivity index (χ2v) is 16.6. The summed E-state index contributed by atoms with van der Waals surface area (Å²) in [7, 11) is 0. The van der Waals surface area contributed by atoms with Crippen molar-refractivity contribution in [2.24, 2.45) is 0 Å². The normalized spacial score (nSPS) is 19.0. The Morgan fingerprint density at radius 3 is 0.821 bits per heavy atom. The predicted molar refractivity (Wildman–Crippen MR) is 191 cm³/mol. The fraction of sp³-hybridized carbons (Fsp3) is 1.00. The molecule has 468 valence electrons. The molecule has 1 fully saturated rings. The number of nitrogens with zero attached hydrogens (tertiary/aromatic N) is 2. The van der Waals surface area contributed by atoms with Crippen LogP contribution in [0.2, 0.25) is 0 Å². The molecule has 0 bridgehead atoms. The van der Waals surface area contributed by atoms with Crippen molar-refractivity contribution >= 4 is 0 Å². The first-order chi connectivity index (χ1) is 34.7. The maximum atomic E-state index is 14.3. The first kappa shape index (κ1) is 73.4. The lowest BCUT2D eigenvalue weighted by atomic mass is 9.88. The van der Waals surface area contributed by atoms with Crippen LogP contribution in [-0.4, -0.2) is 210 Å². The SMILES string of the molecule is FC(F)(F)C(F)(F)C(F)(F)C(F)(F)C(F)(F)C(F)(F)C(F)(F)C(F)(F)CCOCCN1CCCCCOCCOCCN(CCOCCC(F)(F)C(F)(F)C(F)(F)C(F)(F)C(F)(F)C(F)(F)C(F)(F)C(F)(F)F)CCOCC1. The summed E-state index contributed by atoms with van der Waals surface area (Å²) in [5.41, 5.74) is 0. The minimum absolute atomic E-state index is 0.0371. The third-order valence-electron chi connectivity index (χ3n) is 11.1. The van der Waals surface area contributed by atoms with E-state index in [-0.39, 0.29) is 72.2 Å². The Kier molecular flexibility index (Phi) is 23.9. The molecule has 0 atom stereocenters. The average molecular weight is 1240 g/mol. The Hall–Kier alpha value is -2.66. The van der Waals surface area contributed by atoms with Crippen LogP contribution in [0.3, 0.4) is 0 Å². The highest BCUT2D eigenvalue weighted by Gasteiger charge is 2.97. The smallest absolute Gasteiger partial charge is 0.380 e. The monoisotopic (exact) mass is 1240 g/mol. The van der Waals surface area contributed by atoms with Gasteiger partial charge in [-0.1, -0.05) is 0 Å². The van der Waals surface area contributed by atoms with E-state index in [0.29, 0.717) is 12.8 Å². The first-order valence-electron chi connectivity index (χ1n) is 21.4. The quantitative estimate of drug-likeness (QED) is 0.0705. The van der Waals surface area contributed by atoms with Crippen LogP contribution in [0.5, 0.6) is 0 Å². The molecule has 1 rings (SSSR count). The van der Waals surface area contributed by atoms with E-state index >= 15 is 0 Å². The Bertz CT molecular complexity index is 1700. The van der Waals surface area contributed by atoms with Crippen LogP contribution in [0, 0.1) is 0 Å². The van der Waals surface area contributed by atoms with Gasteiger partial charge in [-0.2, -0.15) is 149 Å². The third kappa shape index (κ3) is 14.4. The number of halogens is 34. The van der Waals surface area contributed by atoms with E-state index in [0.717, 1.165) is 0 Å². The summed E-state index contributed by atoms with van der Waals surface area (Å²) in [6.45, 7) is -7.89. The maximum absolute atomic E-state index is 14.3. The van der Waals surface area contributed by atoms with E-state index in [1.54, 1.807) is 0 Å². The molecule has 7 nitrogen and oxygen atoms in total. The van der Waals surface area contributed by atoms with Crippen molar-refractivity contribution in [2.75, 3.05) is 105 Å². The molecule has 41 heteroatoms. The lowest BCUT2D eigenvalue weighted by Gasteiger charge is -2.42.